The summed E-state index contributed by atoms with van der Waals surface area (Å²) in [7, 11) is 0. The number of fused-ring (bicyclic) bond motifs is 3. The molecule has 2 aliphatic rings. The molecule has 5 N–H and O–H groups in total. The summed E-state index contributed by atoms with van der Waals surface area (Å²) in [5.74, 6) is 2.05. The Hall–Kier alpha value is -3.11. The Kier molecular flexibility index (Phi) is 4.25. The van der Waals surface area contributed by atoms with Crippen molar-refractivity contribution in [1.82, 2.24) is 15.0 Å². The van der Waals surface area contributed by atoms with Crippen molar-refractivity contribution >= 4 is 39.6 Å². The smallest absolute Gasteiger partial charge is 0.334 e. The van der Waals surface area contributed by atoms with Crippen molar-refractivity contribution in [3.8, 4) is 0 Å². The van der Waals surface area contributed by atoms with Gasteiger partial charge in [0.1, 0.15) is 11.5 Å². The second-order valence-corrected chi connectivity index (χ2v) is 9.73. The predicted molar refractivity (Wildman–Crippen MR) is 118 cm³/mol. The summed E-state index contributed by atoms with van der Waals surface area (Å²) in [5, 5.41) is 22.2. The third kappa shape index (κ3) is 2.90. The van der Waals surface area contributed by atoms with Crippen LogP contribution in [0, 0.1) is 18.8 Å². The van der Waals surface area contributed by atoms with Gasteiger partial charge < -0.3 is 15.6 Å². The summed E-state index contributed by atoms with van der Waals surface area (Å²) in [5.41, 5.74) is 10.3. The van der Waals surface area contributed by atoms with Crippen LogP contribution in [-0.2, 0) is 6.42 Å². The number of nitrogens with one attached hydrogen (secondary N) is 1. The summed E-state index contributed by atoms with van der Waals surface area (Å²) < 4.78 is 2.00. The van der Waals surface area contributed by atoms with Crippen LogP contribution in [0.15, 0.2) is 40.6 Å². The highest BCUT2D eigenvalue weighted by Crippen LogP contribution is 2.46. The summed E-state index contributed by atoms with van der Waals surface area (Å²) >= 11 is 1.35. The van der Waals surface area contributed by atoms with E-state index in [2.05, 4.69) is 23.7 Å². The Morgan fingerprint density at radius 3 is 2.75 bits per heavy atom. The zero-order chi connectivity index (χ0) is 22.1. The standard InChI is InChI=1S/C22H24N7O2S/c1-3-15-11(2)18-20(24-15)25-22(26-21(18)27-9-13-14(10-27)19(13)23)32-12-7-17-16(29(31)8-12)5-4-6-28(17)30/h4-8,13-14,19,30-31H,3,9-10,23H2,1-2H3/q+1/p+1. The van der Waals surface area contributed by atoms with Gasteiger partial charge in [-0.1, -0.05) is 6.92 Å². The van der Waals surface area contributed by atoms with Crippen molar-refractivity contribution in [2.45, 2.75) is 36.4 Å². The molecule has 1 saturated heterocycles. The minimum atomic E-state index is 0.318. The van der Waals surface area contributed by atoms with Gasteiger partial charge >= 0.3 is 11.0 Å². The number of pyridine rings is 2. The molecule has 6 rings (SSSR count). The van der Waals surface area contributed by atoms with Gasteiger partial charge in [-0.2, -0.15) is 0 Å². The molecule has 2 fully saturated rings. The van der Waals surface area contributed by atoms with Gasteiger partial charge in [-0.25, -0.2) is 9.97 Å². The lowest BCUT2D eigenvalue weighted by Gasteiger charge is -2.21. The highest BCUT2D eigenvalue weighted by Gasteiger charge is 2.54. The van der Waals surface area contributed by atoms with Crippen LogP contribution in [0.3, 0.4) is 0 Å². The van der Waals surface area contributed by atoms with Crippen LogP contribution < -0.4 is 20.1 Å². The molecule has 10 heteroatoms. The molecule has 4 aromatic rings. The Morgan fingerprint density at radius 1 is 1.22 bits per heavy atom. The maximum Gasteiger partial charge on any atom is 0.334 e. The molecule has 0 radical (unpaired) electrons. The van der Waals surface area contributed by atoms with Crippen molar-refractivity contribution in [3.05, 3.63) is 41.9 Å². The molecular weight excluding hydrogens is 426 g/mol. The number of H-pyrrole nitrogens is 1. The van der Waals surface area contributed by atoms with Crippen molar-refractivity contribution in [2.75, 3.05) is 18.0 Å². The quantitative estimate of drug-likeness (QED) is 0.211. The molecule has 0 bridgehead atoms. The van der Waals surface area contributed by atoms with Crippen molar-refractivity contribution in [1.29, 1.82) is 0 Å². The molecule has 0 amide bonds. The van der Waals surface area contributed by atoms with Crippen molar-refractivity contribution in [2.24, 2.45) is 17.6 Å². The van der Waals surface area contributed by atoms with E-state index in [1.165, 1.54) is 29.2 Å². The Balaban J connectivity index is 1.44. The molecule has 1 saturated carbocycles. The molecular formula is C22H25N7O2S+2. The number of aromatic nitrogens is 5. The number of nitrogens with two attached hydrogens (primary N) is 1. The summed E-state index contributed by atoms with van der Waals surface area (Å²) in [6.45, 7) is 6.10. The van der Waals surface area contributed by atoms with E-state index in [-0.39, 0.29) is 0 Å². The van der Waals surface area contributed by atoms with Crippen molar-refractivity contribution < 1.29 is 19.9 Å². The largest absolute Gasteiger partial charge is 0.355 e. The zero-order valence-corrected chi connectivity index (χ0v) is 18.7. The molecule has 164 valence electrons. The van der Waals surface area contributed by atoms with E-state index >= 15 is 0 Å². The van der Waals surface area contributed by atoms with Gasteiger partial charge in [0.25, 0.3) is 0 Å². The predicted octanol–water partition coefficient (Wildman–Crippen LogP) is 1.58. The number of aromatic amines is 1. The van der Waals surface area contributed by atoms with Gasteiger partial charge in [0, 0.05) is 52.5 Å². The van der Waals surface area contributed by atoms with Gasteiger partial charge in [-0.3, -0.25) is 10.4 Å². The topological polar surface area (TPSA) is 119 Å². The summed E-state index contributed by atoms with van der Waals surface area (Å²) in [6.07, 6.45) is 4.02. The number of rotatable bonds is 4. The van der Waals surface area contributed by atoms with Crippen molar-refractivity contribution in [3.63, 3.8) is 0 Å². The lowest BCUT2D eigenvalue weighted by molar-refractivity contribution is -0.902. The number of anilines is 1. The number of hydrogen-bond acceptors (Lipinski definition) is 7. The fourth-order valence-corrected chi connectivity index (χ4v) is 5.78. The molecule has 1 aliphatic heterocycles. The van der Waals surface area contributed by atoms with E-state index in [0.29, 0.717) is 39.0 Å². The first kappa shape index (κ1) is 19.6. The normalized spacial score (nSPS) is 22.1. The average molecular weight is 452 g/mol. The first-order valence-corrected chi connectivity index (χ1v) is 11.6. The maximum absolute atomic E-state index is 10.4. The second kappa shape index (κ2) is 6.94. The first-order valence-electron chi connectivity index (χ1n) is 10.8. The minimum absolute atomic E-state index is 0.318. The van der Waals surface area contributed by atoms with E-state index in [9.17, 15) is 10.4 Å². The van der Waals surface area contributed by atoms with E-state index in [1.54, 1.807) is 24.4 Å². The van der Waals surface area contributed by atoms with E-state index in [1.807, 2.05) is 0 Å². The number of nitrogens with zero attached hydrogens (tertiary/aromatic N) is 5. The fraction of sp³-hybridized carbons (Fsp3) is 0.364. The average Bonchev–Trinajstić information content (AvgIpc) is 3.10. The highest BCUT2D eigenvalue weighted by molar-refractivity contribution is 7.99. The Bertz CT molecular complexity index is 1380. The number of piperidine rings is 1. The van der Waals surface area contributed by atoms with E-state index < -0.39 is 0 Å². The van der Waals surface area contributed by atoms with Gasteiger partial charge in [-0.15, -0.1) is 0 Å². The summed E-state index contributed by atoms with van der Waals surface area (Å²) in [4.78, 5) is 16.3. The van der Waals surface area contributed by atoms with E-state index in [0.717, 1.165) is 45.8 Å². The lowest BCUT2D eigenvalue weighted by Crippen LogP contribution is -2.37. The Labute approximate surface area is 188 Å². The minimum Gasteiger partial charge on any atom is -0.355 e. The van der Waals surface area contributed by atoms with E-state index in [4.69, 9.17) is 15.7 Å². The molecule has 5 heterocycles. The Morgan fingerprint density at radius 2 is 2.00 bits per heavy atom. The molecule has 0 spiro atoms. The molecule has 1 aliphatic carbocycles. The second-order valence-electron chi connectivity index (χ2n) is 8.69. The van der Waals surface area contributed by atoms with Crippen LogP contribution in [0.4, 0.5) is 5.82 Å². The van der Waals surface area contributed by atoms with Gasteiger partial charge in [-0.05, 0) is 42.5 Å². The molecule has 32 heavy (non-hydrogen) atoms. The number of hydrogen-bond donors (Lipinski definition) is 4. The van der Waals surface area contributed by atoms with Crippen LogP contribution in [0.2, 0.25) is 0 Å². The monoisotopic (exact) mass is 451 g/mol. The SMILES string of the molecule is CCc1[nH]c2nc(Sc3cc4c(ccc[n+]4O)[n+](O)c3)nc(N3CC4C(N)C4C3)c2c1C. The fourth-order valence-electron chi connectivity index (χ4n) is 4.98. The lowest BCUT2D eigenvalue weighted by atomic mass is 10.1. The molecule has 9 nitrogen and oxygen atoms in total. The first-order chi connectivity index (χ1) is 15.4. The molecule has 0 aromatic carbocycles. The van der Waals surface area contributed by atoms with Gasteiger partial charge in [0.15, 0.2) is 5.16 Å². The third-order valence-electron chi connectivity index (χ3n) is 6.85. The molecule has 4 aromatic heterocycles. The van der Waals surface area contributed by atoms with Crippen LogP contribution >= 0.6 is 11.8 Å². The molecule has 2 unspecified atom stereocenters. The maximum atomic E-state index is 10.4. The van der Waals surface area contributed by atoms with Gasteiger partial charge in [0.05, 0.1) is 10.3 Å². The molecule has 2 atom stereocenters. The zero-order valence-electron chi connectivity index (χ0n) is 17.9. The number of aryl methyl sites for hydroxylation is 2. The van der Waals surface area contributed by atoms with Gasteiger partial charge in [0.2, 0.25) is 12.4 Å². The van der Waals surface area contributed by atoms with Crippen LogP contribution in [0.5, 0.6) is 0 Å². The van der Waals surface area contributed by atoms with Crippen LogP contribution in [0.1, 0.15) is 18.2 Å². The third-order valence-corrected chi connectivity index (χ3v) is 7.68. The highest BCUT2D eigenvalue weighted by atomic mass is 32.2. The summed E-state index contributed by atoms with van der Waals surface area (Å²) in [6, 6.07) is 5.52. The van der Waals surface area contributed by atoms with Crippen LogP contribution in [-0.4, -0.2) is 44.5 Å². The van der Waals surface area contributed by atoms with Crippen LogP contribution in [0.25, 0.3) is 22.1 Å².